The first-order valence-corrected chi connectivity index (χ1v) is 11.4. The summed E-state index contributed by atoms with van der Waals surface area (Å²) < 4.78 is 0. The minimum Gasteiger partial charge on any atom is -0.356 e. The van der Waals surface area contributed by atoms with E-state index in [-0.39, 0.29) is 18.2 Å². The number of amides is 3. The van der Waals surface area contributed by atoms with Crippen molar-refractivity contribution in [1.29, 1.82) is 5.26 Å². The summed E-state index contributed by atoms with van der Waals surface area (Å²) in [4.78, 5) is 40.9. The number of hydrogen-bond donors (Lipinski definition) is 4. The van der Waals surface area contributed by atoms with Crippen molar-refractivity contribution >= 4 is 40.2 Å². The lowest BCUT2D eigenvalue weighted by atomic mass is 9.92. The Morgan fingerprint density at radius 2 is 2.00 bits per heavy atom. The number of nitrogens with one attached hydrogen (secondary N) is 4. The Labute approximate surface area is 191 Å². The first-order valence-electron chi connectivity index (χ1n) is 11.0. The molecule has 168 valence electrons. The molecule has 2 fully saturated rings. The molecular weight excluding hydrogens is 430 g/mol. The van der Waals surface area contributed by atoms with E-state index in [2.05, 4.69) is 27.0 Å². The van der Waals surface area contributed by atoms with Crippen molar-refractivity contribution in [3.63, 3.8) is 0 Å². The molecule has 1 aromatic heterocycles. The first kappa shape index (κ1) is 22.2. The minimum absolute atomic E-state index is 0.0764. The highest BCUT2D eigenvalue weighted by atomic mass is 35.5. The molecule has 1 aliphatic heterocycles. The summed E-state index contributed by atoms with van der Waals surface area (Å²) >= 11 is 6.02. The molecule has 1 aliphatic carbocycles. The third-order valence-corrected chi connectivity index (χ3v) is 6.34. The van der Waals surface area contributed by atoms with Crippen LogP contribution in [0.5, 0.6) is 0 Å². The predicted octanol–water partition coefficient (Wildman–Crippen LogP) is 2.64. The van der Waals surface area contributed by atoms with Gasteiger partial charge in [0.15, 0.2) is 0 Å². The molecule has 2 aliphatic rings. The molecule has 0 spiro atoms. The molecule has 1 saturated carbocycles. The van der Waals surface area contributed by atoms with Gasteiger partial charge in [0.25, 0.3) is 5.91 Å². The Kier molecular flexibility index (Phi) is 6.66. The largest absolute Gasteiger partial charge is 0.356 e. The fraction of sp³-hybridized carbons (Fsp3) is 0.478. The van der Waals surface area contributed by atoms with E-state index in [1.54, 1.807) is 24.3 Å². The van der Waals surface area contributed by atoms with E-state index < -0.39 is 23.9 Å². The Morgan fingerprint density at radius 1 is 1.19 bits per heavy atom. The van der Waals surface area contributed by atoms with Gasteiger partial charge < -0.3 is 20.9 Å². The standard InChI is InChI=1S/C23H26ClN5O3/c24-16-5-6-18-15(9-16)11-20(28-18)23(32)29-19(8-13-3-4-13)22(31)27-17(12-25)10-14-2-1-7-26-21(14)30/h5-6,9,11,13-14,17,19,28H,1-4,7-8,10H2,(H,26,30)(H,27,31)(H,29,32)/t14-,17-,19?/m0/s1. The monoisotopic (exact) mass is 455 g/mol. The van der Waals surface area contributed by atoms with Crippen molar-refractivity contribution in [3.8, 4) is 6.07 Å². The number of fused-ring (bicyclic) bond motifs is 1. The smallest absolute Gasteiger partial charge is 0.268 e. The number of hydrogen-bond acceptors (Lipinski definition) is 4. The summed E-state index contributed by atoms with van der Waals surface area (Å²) in [5.41, 5.74) is 1.12. The third kappa shape index (κ3) is 5.40. The van der Waals surface area contributed by atoms with Crippen LogP contribution in [-0.4, -0.2) is 41.3 Å². The van der Waals surface area contributed by atoms with Gasteiger partial charge in [0.05, 0.1) is 6.07 Å². The third-order valence-electron chi connectivity index (χ3n) is 6.11. The first-order chi connectivity index (χ1) is 15.4. The highest BCUT2D eigenvalue weighted by Gasteiger charge is 2.33. The lowest BCUT2D eigenvalue weighted by Crippen LogP contribution is -2.50. The molecule has 32 heavy (non-hydrogen) atoms. The van der Waals surface area contributed by atoms with Crippen LogP contribution in [-0.2, 0) is 9.59 Å². The van der Waals surface area contributed by atoms with Crippen molar-refractivity contribution < 1.29 is 14.4 Å². The number of benzene rings is 1. The van der Waals surface area contributed by atoms with Gasteiger partial charge >= 0.3 is 0 Å². The zero-order valence-corrected chi connectivity index (χ0v) is 18.4. The number of aromatic nitrogens is 1. The van der Waals surface area contributed by atoms with Gasteiger partial charge in [0.2, 0.25) is 11.8 Å². The van der Waals surface area contributed by atoms with Gasteiger partial charge in [-0.25, -0.2) is 0 Å². The summed E-state index contributed by atoms with van der Waals surface area (Å²) in [6.07, 6.45) is 4.39. The van der Waals surface area contributed by atoms with Crippen molar-refractivity contribution in [2.75, 3.05) is 6.54 Å². The number of rotatable bonds is 8. The lowest BCUT2D eigenvalue weighted by Gasteiger charge is -2.25. The molecule has 1 aromatic carbocycles. The van der Waals surface area contributed by atoms with Gasteiger partial charge in [-0.2, -0.15) is 5.26 Å². The second kappa shape index (κ2) is 9.61. The number of nitriles is 1. The SMILES string of the molecule is N#C[C@H](C[C@@H]1CCCNC1=O)NC(=O)C(CC1CC1)NC(=O)c1cc2cc(Cl)ccc2[nH]1. The number of carbonyl (C=O) groups is 3. The second-order valence-corrected chi connectivity index (χ2v) is 9.11. The molecule has 4 N–H and O–H groups in total. The topological polar surface area (TPSA) is 127 Å². The van der Waals surface area contributed by atoms with Crippen LogP contribution in [0.25, 0.3) is 10.9 Å². The number of H-pyrrole nitrogens is 1. The molecule has 1 saturated heterocycles. The number of aromatic amines is 1. The summed E-state index contributed by atoms with van der Waals surface area (Å²) in [6, 6.07) is 7.54. The van der Waals surface area contributed by atoms with Gasteiger partial charge in [0.1, 0.15) is 17.8 Å². The van der Waals surface area contributed by atoms with Crippen LogP contribution in [0.1, 0.15) is 49.0 Å². The summed E-state index contributed by atoms with van der Waals surface area (Å²) in [5.74, 6) is -0.765. The lowest BCUT2D eigenvalue weighted by molar-refractivity contribution is -0.128. The zero-order chi connectivity index (χ0) is 22.7. The van der Waals surface area contributed by atoms with Crippen molar-refractivity contribution in [2.24, 2.45) is 11.8 Å². The number of halogens is 1. The fourth-order valence-electron chi connectivity index (χ4n) is 4.14. The minimum atomic E-state index is -0.787. The van der Waals surface area contributed by atoms with Gasteiger partial charge in [-0.05, 0) is 55.9 Å². The number of nitrogens with zero attached hydrogens (tertiary/aromatic N) is 1. The van der Waals surface area contributed by atoms with Crippen LogP contribution in [0.15, 0.2) is 24.3 Å². The van der Waals surface area contributed by atoms with E-state index in [1.807, 2.05) is 0 Å². The van der Waals surface area contributed by atoms with Crippen LogP contribution in [0.4, 0.5) is 0 Å². The van der Waals surface area contributed by atoms with E-state index >= 15 is 0 Å². The maximum atomic E-state index is 13.0. The second-order valence-electron chi connectivity index (χ2n) is 8.68. The molecule has 4 rings (SSSR count). The van der Waals surface area contributed by atoms with E-state index in [9.17, 15) is 19.6 Å². The Balaban J connectivity index is 1.42. The zero-order valence-electron chi connectivity index (χ0n) is 17.6. The Morgan fingerprint density at radius 3 is 2.72 bits per heavy atom. The number of carbonyl (C=O) groups excluding carboxylic acids is 3. The highest BCUT2D eigenvalue weighted by molar-refractivity contribution is 6.31. The molecule has 2 heterocycles. The van der Waals surface area contributed by atoms with E-state index in [0.717, 1.165) is 30.2 Å². The Bertz CT molecular complexity index is 1070. The molecule has 0 radical (unpaired) electrons. The summed E-state index contributed by atoms with van der Waals surface area (Å²) in [7, 11) is 0. The molecule has 8 nitrogen and oxygen atoms in total. The fourth-order valence-corrected chi connectivity index (χ4v) is 4.32. The summed E-state index contributed by atoms with van der Waals surface area (Å²) in [6.45, 7) is 0.647. The highest BCUT2D eigenvalue weighted by Crippen LogP contribution is 2.33. The van der Waals surface area contributed by atoms with Crippen molar-refractivity contribution in [3.05, 3.63) is 35.0 Å². The Hall–Kier alpha value is -3.05. The molecule has 2 aromatic rings. The normalized spacial score (nSPS) is 20.1. The van der Waals surface area contributed by atoms with E-state index in [4.69, 9.17) is 11.6 Å². The maximum Gasteiger partial charge on any atom is 0.268 e. The van der Waals surface area contributed by atoms with Crippen LogP contribution >= 0.6 is 11.6 Å². The molecule has 9 heteroatoms. The van der Waals surface area contributed by atoms with Crippen LogP contribution in [0, 0.1) is 23.2 Å². The molecule has 0 bridgehead atoms. The number of piperidine rings is 1. The average molecular weight is 456 g/mol. The van der Waals surface area contributed by atoms with Crippen molar-refractivity contribution in [1.82, 2.24) is 20.9 Å². The van der Waals surface area contributed by atoms with Crippen LogP contribution in [0.2, 0.25) is 5.02 Å². The van der Waals surface area contributed by atoms with E-state index in [0.29, 0.717) is 36.0 Å². The van der Waals surface area contributed by atoms with Crippen molar-refractivity contribution in [2.45, 2.75) is 50.6 Å². The molecule has 3 amide bonds. The maximum absolute atomic E-state index is 13.0. The predicted molar refractivity (Wildman–Crippen MR) is 120 cm³/mol. The van der Waals surface area contributed by atoms with Gasteiger partial charge in [-0.3, -0.25) is 14.4 Å². The molecular formula is C23H26ClN5O3. The quantitative estimate of drug-likeness (QED) is 0.488. The molecule has 3 atom stereocenters. The molecule has 1 unspecified atom stereocenters. The van der Waals surface area contributed by atoms with Crippen LogP contribution < -0.4 is 16.0 Å². The van der Waals surface area contributed by atoms with Crippen LogP contribution in [0.3, 0.4) is 0 Å². The van der Waals surface area contributed by atoms with E-state index in [1.165, 1.54) is 0 Å². The van der Waals surface area contributed by atoms with Gasteiger partial charge in [-0.15, -0.1) is 0 Å². The van der Waals surface area contributed by atoms with Gasteiger partial charge in [-0.1, -0.05) is 24.4 Å². The van der Waals surface area contributed by atoms with Gasteiger partial charge in [0, 0.05) is 28.4 Å². The summed E-state index contributed by atoms with van der Waals surface area (Å²) in [5, 5.41) is 19.3. The average Bonchev–Trinajstić information content (AvgIpc) is 3.49.